The highest BCUT2D eigenvalue weighted by Gasteiger charge is 2.31. The number of halogens is 1. The van der Waals surface area contributed by atoms with Gasteiger partial charge in [0.25, 0.3) is 5.91 Å². The molecule has 1 unspecified atom stereocenters. The topological polar surface area (TPSA) is 36.1 Å². The van der Waals surface area contributed by atoms with Crippen LogP contribution in [0.2, 0.25) is 0 Å². The SMILES string of the molecule is Cc1cc(C(=O)N2CCCC2c2ccc[nH]2)ccc1F. The van der Waals surface area contributed by atoms with Crippen LogP contribution in [0.3, 0.4) is 0 Å². The Morgan fingerprint density at radius 3 is 2.95 bits per heavy atom. The van der Waals surface area contributed by atoms with Gasteiger partial charge in [0.15, 0.2) is 0 Å². The molecule has 1 N–H and O–H groups in total. The van der Waals surface area contributed by atoms with Crippen molar-refractivity contribution in [1.82, 2.24) is 9.88 Å². The number of carbonyl (C=O) groups is 1. The normalized spacial score (nSPS) is 18.5. The van der Waals surface area contributed by atoms with Gasteiger partial charge in [-0.2, -0.15) is 0 Å². The van der Waals surface area contributed by atoms with E-state index in [1.165, 1.54) is 6.07 Å². The number of benzene rings is 1. The fourth-order valence-corrected chi connectivity index (χ4v) is 2.83. The minimum absolute atomic E-state index is 0.0230. The van der Waals surface area contributed by atoms with Crippen molar-refractivity contribution in [3.05, 3.63) is 59.2 Å². The van der Waals surface area contributed by atoms with E-state index in [1.807, 2.05) is 23.2 Å². The minimum atomic E-state index is -0.274. The summed E-state index contributed by atoms with van der Waals surface area (Å²) in [5, 5.41) is 0. The molecule has 2 aromatic rings. The monoisotopic (exact) mass is 272 g/mol. The van der Waals surface area contributed by atoms with Crippen LogP contribution in [0, 0.1) is 12.7 Å². The van der Waals surface area contributed by atoms with Crippen LogP contribution >= 0.6 is 0 Å². The molecule has 0 bridgehead atoms. The van der Waals surface area contributed by atoms with Crippen molar-refractivity contribution >= 4 is 5.91 Å². The van der Waals surface area contributed by atoms with E-state index in [0.717, 1.165) is 25.1 Å². The number of hydrogen-bond acceptors (Lipinski definition) is 1. The van der Waals surface area contributed by atoms with Gasteiger partial charge in [-0.15, -0.1) is 0 Å². The Balaban J connectivity index is 1.87. The fraction of sp³-hybridized carbons (Fsp3) is 0.312. The summed E-state index contributed by atoms with van der Waals surface area (Å²) >= 11 is 0. The summed E-state index contributed by atoms with van der Waals surface area (Å²) in [5.74, 6) is -0.297. The van der Waals surface area contributed by atoms with E-state index < -0.39 is 0 Å². The summed E-state index contributed by atoms with van der Waals surface area (Å²) in [6.07, 6.45) is 3.83. The van der Waals surface area contributed by atoms with Crippen molar-refractivity contribution in [2.45, 2.75) is 25.8 Å². The molecule has 3 rings (SSSR count). The first kappa shape index (κ1) is 12.9. The third kappa shape index (κ3) is 2.22. The van der Waals surface area contributed by atoms with Crippen molar-refractivity contribution in [3.63, 3.8) is 0 Å². The van der Waals surface area contributed by atoms with Gasteiger partial charge in [0.1, 0.15) is 5.82 Å². The molecular weight excluding hydrogens is 255 g/mol. The number of aryl methyl sites for hydroxylation is 1. The minimum Gasteiger partial charge on any atom is -0.363 e. The predicted molar refractivity (Wildman–Crippen MR) is 74.9 cm³/mol. The maximum Gasteiger partial charge on any atom is 0.254 e. The summed E-state index contributed by atoms with van der Waals surface area (Å²) in [7, 11) is 0. The van der Waals surface area contributed by atoms with Crippen LogP contribution in [0.15, 0.2) is 36.5 Å². The lowest BCUT2D eigenvalue weighted by Crippen LogP contribution is -2.30. The number of aromatic nitrogens is 1. The van der Waals surface area contributed by atoms with Crippen molar-refractivity contribution in [1.29, 1.82) is 0 Å². The van der Waals surface area contributed by atoms with E-state index in [-0.39, 0.29) is 17.8 Å². The summed E-state index contributed by atoms with van der Waals surface area (Å²) in [6, 6.07) is 8.60. The van der Waals surface area contributed by atoms with E-state index in [4.69, 9.17) is 0 Å². The fourth-order valence-electron chi connectivity index (χ4n) is 2.83. The van der Waals surface area contributed by atoms with Gasteiger partial charge in [0.05, 0.1) is 6.04 Å². The average molecular weight is 272 g/mol. The van der Waals surface area contributed by atoms with Gasteiger partial charge in [-0.3, -0.25) is 4.79 Å². The molecule has 1 fully saturated rings. The maximum absolute atomic E-state index is 13.3. The number of amides is 1. The van der Waals surface area contributed by atoms with Gasteiger partial charge in [-0.05, 0) is 55.7 Å². The lowest BCUT2D eigenvalue weighted by atomic mass is 10.1. The first-order valence-corrected chi connectivity index (χ1v) is 6.87. The van der Waals surface area contributed by atoms with Crippen LogP contribution < -0.4 is 0 Å². The molecule has 104 valence electrons. The summed E-state index contributed by atoms with van der Waals surface area (Å²) in [4.78, 5) is 17.7. The highest BCUT2D eigenvalue weighted by Crippen LogP contribution is 2.32. The standard InChI is InChI=1S/C16H17FN2O/c1-11-10-12(6-7-13(11)17)16(20)19-9-3-5-15(19)14-4-2-8-18-14/h2,4,6-8,10,15,18H,3,5,9H2,1H3. The van der Waals surface area contributed by atoms with E-state index in [1.54, 1.807) is 19.1 Å². The Morgan fingerprint density at radius 2 is 2.25 bits per heavy atom. The molecule has 1 atom stereocenters. The van der Waals surface area contributed by atoms with E-state index in [2.05, 4.69) is 4.98 Å². The molecule has 0 spiro atoms. The highest BCUT2D eigenvalue weighted by atomic mass is 19.1. The molecule has 3 nitrogen and oxygen atoms in total. The summed E-state index contributed by atoms with van der Waals surface area (Å²) < 4.78 is 13.3. The third-order valence-electron chi connectivity index (χ3n) is 3.90. The quantitative estimate of drug-likeness (QED) is 0.893. The Kier molecular flexibility index (Phi) is 3.30. The smallest absolute Gasteiger partial charge is 0.254 e. The van der Waals surface area contributed by atoms with Crippen molar-refractivity contribution in [2.75, 3.05) is 6.54 Å². The van der Waals surface area contributed by atoms with Gasteiger partial charge in [0, 0.05) is 24.0 Å². The second-order valence-electron chi connectivity index (χ2n) is 5.25. The molecule has 0 saturated carbocycles. The predicted octanol–water partition coefficient (Wildman–Crippen LogP) is 3.44. The van der Waals surface area contributed by atoms with Crippen molar-refractivity contribution < 1.29 is 9.18 Å². The number of carbonyl (C=O) groups excluding carboxylic acids is 1. The van der Waals surface area contributed by atoms with Gasteiger partial charge in [-0.1, -0.05) is 0 Å². The Morgan fingerprint density at radius 1 is 1.40 bits per heavy atom. The zero-order chi connectivity index (χ0) is 14.1. The van der Waals surface area contributed by atoms with E-state index >= 15 is 0 Å². The Bertz CT molecular complexity index is 621. The van der Waals surface area contributed by atoms with E-state index in [9.17, 15) is 9.18 Å². The molecule has 1 aliphatic rings. The second kappa shape index (κ2) is 5.12. The number of nitrogens with one attached hydrogen (secondary N) is 1. The zero-order valence-corrected chi connectivity index (χ0v) is 11.4. The molecule has 20 heavy (non-hydrogen) atoms. The number of nitrogens with zero attached hydrogens (tertiary/aromatic N) is 1. The molecule has 1 aromatic heterocycles. The lowest BCUT2D eigenvalue weighted by molar-refractivity contribution is 0.0733. The van der Waals surface area contributed by atoms with Crippen LogP contribution in [-0.4, -0.2) is 22.3 Å². The number of likely N-dealkylation sites (tertiary alicyclic amines) is 1. The first-order chi connectivity index (χ1) is 9.66. The van der Waals surface area contributed by atoms with Gasteiger partial charge >= 0.3 is 0 Å². The Hall–Kier alpha value is -2.10. The molecule has 1 aromatic carbocycles. The number of rotatable bonds is 2. The van der Waals surface area contributed by atoms with Gasteiger partial charge in [0.2, 0.25) is 0 Å². The van der Waals surface area contributed by atoms with E-state index in [0.29, 0.717) is 11.1 Å². The average Bonchev–Trinajstić information content (AvgIpc) is 3.10. The molecule has 0 radical (unpaired) electrons. The first-order valence-electron chi connectivity index (χ1n) is 6.87. The van der Waals surface area contributed by atoms with Crippen LogP contribution in [0.25, 0.3) is 0 Å². The van der Waals surface area contributed by atoms with Gasteiger partial charge in [-0.25, -0.2) is 4.39 Å². The van der Waals surface area contributed by atoms with Crippen molar-refractivity contribution in [3.8, 4) is 0 Å². The maximum atomic E-state index is 13.3. The second-order valence-corrected chi connectivity index (χ2v) is 5.25. The molecule has 2 heterocycles. The molecule has 1 saturated heterocycles. The lowest BCUT2D eigenvalue weighted by Gasteiger charge is -2.24. The van der Waals surface area contributed by atoms with Gasteiger partial charge < -0.3 is 9.88 Å². The van der Waals surface area contributed by atoms with Crippen molar-refractivity contribution in [2.24, 2.45) is 0 Å². The molecule has 1 amide bonds. The highest BCUT2D eigenvalue weighted by molar-refractivity contribution is 5.94. The summed E-state index contributed by atoms with van der Waals surface area (Å²) in [6.45, 7) is 2.43. The van der Waals surface area contributed by atoms with Crippen LogP contribution in [0.1, 0.15) is 40.5 Å². The molecular formula is C16H17FN2O. The molecule has 4 heteroatoms. The van der Waals surface area contributed by atoms with Crippen LogP contribution in [-0.2, 0) is 0 Å². The Labute approximate surface area is 117 Å². The number of H-pyrrole nitrogens is 1. The number of aromatic amines is 1. The zero-order valence-electron chi connectivity index (χ0n) is 11.4. The summed E-state index contributed by atoms with van der Waals surface area (Å²) in [5.41, 5.74) is 2.13. The molecule has 0 aliphatic carbocycles. The molecule has 1 aliphatic heterocycles. The van der Waals surface area contributed by atoms with Crippen LogP contribution in [0.4, 0.5) is 4.39 Å². The largest absolute Gasteiger partial charge is 0.363 e. The number of hydrogen-bond donors (Lipinski definition) is 1. The third-order valence-corrected chi connectivity index (χ3v) is 3.90. The van der Waals surface area contributed by atoms with Crippen LogP contribution in [0.5, 0.6) is 0 Å².